The Bertz CT molecular complexity index is 1040. The molecular formula is C28H39N3O2. The summed E-state index contributed by atoms with van der Waals surface area (Å²) in [7, 11) is 0. The largest absolute Gasteiger partial charge is 0.390 e. The van der Waals surface area contributed by atoms with Crippen LogP contribution < -0.4 is 0 Å². The van der Waals surface area contributed by atoms with Gasteiger partial charge in [-0.05, 0) is 118 Å². The monoisotopic (exact) mass is 449 g/mol. The highest BCUT2D eigenvalue weighted by atomic mass is 16.3. The number of carbonyl (C=O) groups is 1. The van der Waals surface area contributed by atoms with Gasteiger partial charge in [0.15, 0.2) is 11.4 Å². The summed E-state index contributed by atoms with van der Waals surface area (Å²) < 4.78 is 1.78. The van der Waals surface area contributed by atoms with E-state index in [0.717, 1.165) is 53.5 Å². The first-order valence-corrected chi connectivity index (χ1v) is 13.3. The van der Waals surface area contributed by atoms with Crippen LogP contribution in [0, 0.1) is 40.9 Å². The Labute approximate surface area is 197 Å². The van der Waals surface area contributed by atoms with Gasteiger partial charge in [-0.1, -0.05) is 6.92 Å². The lowest BCUT2D eigenvalue weighted by Crippen LogP contribution is -2.50. The highest BCUT2D eigenvalue weighted by Crippen LogP contribution is 2.65. The number of ketones is 1. The number of Topliss-reactive ketones (excluding diaryl/α,β-unsaturated/α-hetero) is 1. The molecule has 5 heteroatoms. The molecule has 8 atom stereocenters. The molecule has 1 N–H and O–H groups in total. The average molecular weight is 450 g/mol. The molecule has 4 fully saturated rings. The Morgan fingerprint density at radius 2 is 1.94 bits per heavy atom. The second-order valence-corrected chi connectivity index (χ2v) is 12.5. The van der Waals surface area contributed by atoms with Crippen molar-refractivity contribution < 1.29 is 9.90 Å². The Morgan fingerprint density at radius 3 is 2.82 bits per heavy atom. The SMILES string of the molecule is C[C@@]1(O)CC[C@H]2[C@H](CC[C@@H]3[C@@H]2CC[C@]2(C)[C@@H](CC(=O)Cn4ncc5cccnc54)CC[C@@H]32)C1. The normalized spacial score (nSPS) is 42.5. The summed E-state index contributed by atoms with van der Waals surface area (Å²) in [5.74, 6) is 4.85. The van der Waals surface area contributed by atoms with Crippen LogP contribution in [-0.2, 0) is 11.3 Å². The van der Waals surface area contributed by atoms with Gasteiger partial charge in [0.25, 0.3) is 0 Å². The standard InChI is InChI=1S/C28H39N3O2/c1-27(33)11-9-22-18(15-27)5-7-24-23(22)10-12-28(2)20(6-8-25(24)28)14-21(32)17-31-26-19(16-30-31)4-3-13-29-26/h3-4,13,16,18,20,22-25,33H,5-12,14-15,17H2,1-2H3/t18-,20-,22+,23-,24-,25+,27-,28-/m1/s1. The van der Waals surface area contributed by atoms with Crippen molar-refractivity contribution in [1.29, 1.82) is 0 Å². The number of aromatic nitrogens is 3. The maximum Gasteiger partial charge on any atom is 0.158 e. The van der Waals surface area contributed by atoms with Crippen LogP contribution in [0.25, 0.3) is 11.0 Å². The predicted molar refractivity (Wildman–Crippen MR) is 128 cm³/mol. The van der Waals surface area contributed by atoms with E-state index in [9.17, 15) is 9.90 Å². The van der Waals surface area contributed by atoms with Crippen molar-refractivity contribution in [3.63, 3.8) is 0 Å². The van der Waals surface area contributed by atoms with Crippen molar-refractivity contribution in [1.82, 2.24) is 14.8 Å². The van der Waals surface area contributed by atoms with Gasteiger partial charge in [-0.3, -0.25) is 4.79 Å². The summed E-state index contributed by atoms with van der Waals surface area (Å²) in [4.78, 5) is 17.6. The molecule has 0 radical (unpaired) electrons. The van der Waals surface area contributed by atoms with Gasteiger partial charge in [-0.25, -0.2) is 9.67 Å². The Morgan fingerprint density at radius 1 is 1.09 bits per heavy atom. The lowest BCUT2D eigenvalue weighted by Gasteiger charge is -2.57. The Hall–Kier alpha value is -1.75. The summed E-state index contributed by atoms with van der Waals surface area (Å²) in [5.41, 5.74) is 0.685. The van der Waals surface area contributed by atoms with Crippen LogP contribution in [0.4, 0.5) is 0 Å². The summed E-state index contributed by atoms with van der Waals surface area (Å²) >= 11 is 0. The number of hydrogen-bond acceptors (Lipinski definition) is 4. The first-order valence-electron chi connectivity index (χ1n) is 13.3. The molecule has 0 spiro atoms. The summed E-state index contributed by atoms with van der Waals surface area (Å²) in [6.07, 6.45) is 15.2. The van der Waals surface area contributed by atoms with Crippen LogP contribution in [0.15, 0.2) is 24.5 Å². The van der Waals surface area contributed by atoms with E-state index in [0.29, 0.717) is 30.1 Å². The number of hydrogen-bond donors (Lipinski definition) is 1. The van der Waals surface area contributed by atoms with E-state index in [-0.39, 0.29) is 0 Å². The van der Waals surface area contributed by atoms with Crippen molar-refractivity contribution in [2.45, 2.75) is 90.2 Å². The fourth-order valence-corrected chi connectivity index (χ4v) is 9.06. The molecule has 4 saturated carbocycles. The second-order valence-electron chi connectivity index (χ2n) is 12.5. The van der Waals surface area contributed by atoms with Gasteiger partial charge in [-0.15, -0.1) is 0 Å². The molecule has 0 aromatic carbocycles. The molecule has 2 aromatic heterocycles. The van der Waals surface area contributed by atoms with Gasteiger partial charge >= 0.3 is 0 Å². The Kier molecular flexibility index (Phi) is 5.21. The molecule has 0 aliphatic heterocycles. The maximum atomic E-state index is 13.1. The van der Waals surface area contributed by atoms with Crippen LogP contribution in [0.2, 0.25) is 0 Å². The highest BCUT2D eigenvalue weighted by Gasteiger charge is 2.57. The molecule has 6 rings (SSSR count). The minimum Gasteiger partial charge on any atom is -0.390 e. The van der Waals surface area contributed by atoms with Gasteiger partial charge in [0.05, 0.1) is 11.8 Å². The van der Waals surface area contributed by atoms with E-state index in [1.807, 2.05) is 25.3 Å². The molecule has 4 aliphatic rings. The van der Waals surface area contributed by atoms with Crippen molar-refractivity contribution in [3.8, 4) is 0 Å². The molecule has 0 amide bonds. The third kappa shape index (κ3) is 3.66. The van der Waals surface area contributed by atoms with E-state index in [4.69, 9.17) is 0 Å². The molecular weight excluding hydrogens is 410 g/mol. The van der Waals surface area contributed by atoms with Gasteiger partial charge in [-0.2, -0.15) is 5.10 Å². The van der Waals surface area contributed by atoms with Crippen molar-refractivity contribution in [2.75, 3.05) is 0 Å². The van der Waals surface area contributed by atoms with Crippen molar-refractivity contribution >= 4 is 16.8 Å². The fraction of sp³-hybridized carbons (Fsp3) is 0.750. The zero-order valence-corrected chi connectivity index (χ0v) is 20.2. The first kappa shape index (κ1) is 21.8. The van der Waals surface area contributed by atoms with E-state index in [1.54, 1.807) is 10.9 Å². The van der Waals surface area contributed by atoms with E-state index in [1.165, 1.54) is 44.9 Å². The van der Waals surface area contributed by atoms with Crippen LogP contribution in [0.5, 0.6) is 0 Å². The fourth-order valence-electron chi connectivity index (χ4n) is 9.06. The lowest BCUT2D eigenvalue weighted by atomic mass is 9.49. The molecule has 2 heterocycles. The highest BCUT2D eigenvalue weighted by molar-refractivity contribution is 5.81. The van der Waals surface area contributed by atoms with E-state index < -0.39 is 5.60 Å². The maximum absolute atomic E-state index is 13.1. The van der Waals surface area contributed by atoms with Gasteiger partial charge in [0.2, 0.25) is 0 Å². The average Bonchev–Trinajstić information content (AvgIpc) is 3.34. The number of nitrogens with zero attached hydrogens (tertiary/aromatic N) is 3. The predicted octanol–water partition coefficient (Wildman–Crippen LogP) is 5.41. The first-order chi connectivity index (χ1) is 15.8. The number of fused-ring (bicyclic) bond motifs is 6. The molecule has 0 saturated heterocycles. The smallest absolute Gasteiger partial charge is 0.158 e. The van der Waals surface area contributed by atoms with Crippen molar-refractivity contribution in [3.05, 3.63) is 24.5 Å². The topological polar surface area (TPSA) is 68.0 Å². The lowest BCUT2D eigenvalue weighted by molar-refractivity contribution is -0.123. The summed E-state index contributed by atoms with van der Waals surface area (Å²) in [6.45, 7) is 4.91. The minimum atomic E-state index is -0.439. The minimum absolute atomic E-state index is 0.304. The molecule has 4 aliphatic carbocycles. The summed E-state index contributed by atoms with van der Waals surface area (Å²) in [6, 6.07) is 3.91. The van der Waals surface area contributed by atoms with Gasteiger partial charge < -0.3 is 5.11 Å². The van der Waals surface area contributed by atoms with Crippen LogP contribution in [0.1, 0.15) is 78.1 Å². The zero-order valence-electron chi connectivity index (χ0n) is 20.2. The number of aliphatic hydroxyl groups is 1. The van der Waals surface area contributed by atoms with Gasteiger partial charge in [0.1, 0.15) is 6.54 Å². The van der Waals surface area contributed by atoms with E-state index in [2.05, 4.69) is 17.0 Å². The number of rotatable bonds is 4. The number of carbonyl (C=O) groups excluding carboxylic acids is 1. The molecule has 0 bridgehead atoms. The second kappa shape index (κ2) is 7.90. The zero-order chi connectivity index (χ0) is 22.8. The quantitative estimate of drug-likeness (QED) is 0.678. The number of pyridine rings is 1. The van der Waals surface area contributed by atoms with E-state index >= 15 is 0 Å². The van der Waals surface area contributed by atoms with Crippen molar-refractivity contribution in [2.24, 2.45) is 40.9 Å². The Balaban J connectivity index is 1.14. The molecule has 0 unspecified atom stereocenters. The molecule has 178 valence electrons. The van der Waals surface area contributed by atoms with Crippen LogP contribution >= 0.6 is 0 Å². The van der Waals surface area contributed by atoms with Crippen LogP contribution in [0.3, 0.4) is 0 Å². The van der Waals surface area contributed by atoms with Crippen LogP contribution in [-0.4, -0.2) is 31.3 Å². The van der Waals surface area contributed by atoms with Gasteiger partial charge in [0, 0.05) is 18.0 Å². The molecule has 5 nitrogen and oxygen atoms in total. The third-order valence-electron chi connectivity index (χ3n) is 10.6. The molecule has 33 heavy (non-hydrogen) atoms. The summed E-state index contributed by atoms with van der Waals surface area (Å²) in [5, 5.41) is 16.1. The third-order valence-corrected chi connectivity index (χ3v) is 10.6. The molecule has 2 aromatic rings.